The summed E-state index contributed by atoms with van der Waals surface area (Å²) in [5.74, 6) is 1.63. The van der Waals surface area contributed by atoms with Gasteiger partial charge in [0.15, 0.2) is 0 Å². The summed E-state index contributed by atoms with van der Waals surface area (Å²) < 4.78 is 2.32. The van der Waals surface area contributed by atoms with E-state index in [2.05, 4.69) is 35.2 Å². The van der Waals surface area contributed by atoms with Gasteiger partial charge in [-0.1, -0.05) is 20.8 Å². The zero-order valence-electron chi connectivity index (χ0n) is 13.3. The van der Waals surface area contributed by atoms with Crippen molar-refractivity contribution in [1.29, 1.82) is 0 Å². The number of imidazole rings is 1. The molecule has 4 heteroatoms. The molecule has 114 valence electrons. The van der Waals surface area contributed by atoms with Crippen molar-refractivity contribution >= 4 is 0 Å². The molecule has 0 spiro atoms. The topological polar surface area (TPSA) is 47.1 Å². The molecule has 4 nitrogen and oxygen atoms in total. The van der Waals surface area contributed by atoms with Crippen LogP contribution in [0.5, 0.6) is 0 Å². The maximum atomic E-state index is 5.95. The molecule has 1 aromatic rings. The summed E-state index contributed by atoms with van der Waals surface area (Å²) in [6.45, 7) is 12.3. The molecule has 20 heavy (non-hydrogen) atoms. The second-order valence-electron chi connectivity index (χ2n) is 6.67. The number of rotatable bonds is 7. The fraction of sp³-hybridized carbons (Fsp3) is 0.812. The molecule has 0 aliphatic carbocycles. The fourth-order valence-electron chi connectivity index (χ4n) is 3.33. The molecule has 0 radical (unpaired) electrons. The first-order chi connectivity index (χ1) is 9.61. The molecule has 0 amide bonds. The van der Waals surface area contributed by atoms with Gasteiger partial charge in [0.25, 0.3) is 0 Å². The molecule has 2 unspecified atom stereocenters. The average Bonchev–Trinajstić information content (AvgIpc) is 3.02. The fourth-order valence-corrected chi connectivity index (χ4v) is 3.33. The van der Waals surface area contributed by atoms with Crippen LogP contribution in [0.3, 0.4) is 0 Å². The van der Waals surface area contributed by atoms with Crippen molar-refractivity contribution in [1.82, 2.24) is 14.5 Å². The molecule has 0 bridgehead atoms. The van der Waals surface area contributed by atoms with Crippen LogP contribution >= 0.6 is 0 Å². The van der Waals surface area contributed by atoms with Gasteiger partial charge in [0.05, 0.1) is 6.33 Å². The Hall–Kier alpha value is -0.870. The minimum Gasteiger partial charge on any atom is -0.334 e. The Morgan fingerprint density at radius 1 is 1.20 bits per heavy atom. The molecular formula is C16H30N4. The first kappa shape index (κ1) is 15.5. The summed E-state index contributed by atoms with van der Waals surface area (Å²) in [6, 6.07) is 0. The summed E-state index contributed by atoms with van der Waals surface area (Å²) in [7, 11) is 0. The summed E-state index contributed by atoms with van der Waals surface area (Å²) in [5.41, 5.74) is 7.25. The molecule has 2 atom stereocenters. The predicted octanol–water partition coefficient (Wildman–Crippen LogP) is 2.31. The van der Waals surface area contributed by atoms with Crippen LogP contribution in [0.1, 0.15) is 45.2 Å². The normalized spacial score (nSPS) is 19.6. The molecular weight excluding hydrogens is 248 g/mol. The van der Waals surface area contributed by atoms with E-state index in [1.165, 1.54) is 38.2 Å². The second-order valence-corrected chi connectivity index (χ2v) is 6.67. The van der Waals surface area contributed by atoms with Gasteiger partial charge in [0, 0.05) is 37.4 Å². The lowest BCUT2D eigenvalue weighted by Crippen LogP contribution is -2.28. The van der Waals surface area contributed by atoms with Crippen molar-refractivity contribution in [3.63, 3.8) is 0 Å². The van der Waals surface area contributed by atoms with E-state index in [0.717, 1.165) is 6.54 Å². The third-order valence-electron chi connectivity index (χ3n) is 4.46. The van der Waals surface area contributed by atoms with Crippen LogP contribution in [0.4, 0.5) is 0 Å². The Labute approximate surface area is 123 Å². The van der Waals surface area contributed by atoms with Gasteiger partial charge >= 0.3 is 0 Å². The largest absolute Gasteiger partial charge is 0.334 e. The summed E-state index contributed by atoms with van der Waals surface area (Å²) in [6.07, 6.45) is 6.71. The molecule has 1 fully saturated rings. The van der Waals surface area contributed by atoms with Crippen molar-refractivity contribution in [2.75, 3.05) is 26.2 Å². The molecule has 2 N–H and O–H groups in total. The number of nitrogens with zero attached hydrogens (tertiary/aromatic N) is 3. The van der Waals surface area contributed by atoms with E-state index in [9.17, 15) is 0 Å². The van der Waals surface area contributed by atoms with Gasteiger partial charge < -0.3 is 15.2 Å². The SMILES string of the molecule is CC(CN1CCCC1)Cn1cncc1C(CN)C(C)C. The van der Waals surface area contributed by atoms with Crippen molar-refractivity contribution in [2.45, 2.75) is 46.1 Å². The Bertz CT molecular complexity index is 393. The molecule has 2 rings (SSSR count). The molecule has 0 aromatic carbocycles. The standard InChI is InChI=1S/C16H30N4/c1-13(2)15(8-17)16-9-18-12-20(16)11-14(3)10-19-6-4-5-7-19/h9,12-15H,4-8,10-11,17H2,1-3H3. The lowest BCUT2D eigenvalue weighted by atomic mass is 9.93. The lowest BCUT2D eigenvalue weighted by Gasteiger charge is -2.24. The van der Waals surface area contributed by atoms with E-state index in [4.69, 9.17) is 5.73 Å². The van der Waals surface area contributed by atoms with Crippen LogP contribution in [0.2, 0.25) is 0 Å². The van der Waals surface area contributed by atoms with Crippen molar-refractivity contribution in [3.05, 3.63) is 18.2 Å². The monoisotopic (exact) mass is 278 g/mol. The van der Waals surface area contributed by atoms with Gasteiger partial charge in [-0.05, 0) is 37.8 Å². The van der Waals surface area contributed by atoms with Crippen LogP contribution in [-0.2, 0) is 6.54 Å². The maximum absolute atomic E-state index is 5.95. The van der Waals surface area contributed by atoms with E-state index in [0.29, 0.717) is 24.3 Å². The zero-order valence-corrected chi connectivity index (χ0v) is 13.3. The summed E-state index contributed by atoms with van der Waals surface area (Å²) in [5, 5.41) is 0. The molecule has 1 aliphatic heterocycles. The van der Waals surface area contributed by atoms with Gasteiger partial charge in [-0.3, -0.25) is 0 Å². The number of nitrogens with two attached hydrogens (primary N) is 1. The highest BCUT2D eigenvalue weighted by Gasteiger charge is 2.20. The Kier molecular flexibility index (Phi) is 5.61. The molecule has 0 saturated carbocycles. The maximum Gasteiger partial charge on any atom is 0.0948 e. The van der Waals surface area contributed by atoms with E-state index in [1.807, 2.05) is 12.5 Å². The van der Waals surface area contributed by atoms with E-state index >= 15 is 0 Å². The van der Waals surface area contributed by atoms with Crippen LogP contribution in [-0.4, -0.2) is 40.6 Å². The smallest absolute Gasteiger partial charge is 0.0948 e. The molecule has 1 saturated heterocycles. The van der Waals surface area contributed by atoms with Crippen LogP contribution in [0.25, 0.3) is 0 Å². The predicted molar refractivity (Wildman–Crippen MR) is 83.7 cm³/mol. The quantitative estimate of drug-likeness (QED) is 0.832. The Morgan fingerprint density at radius 2 is 1.90 bits per heavy atom. The minimum absolute atomic E-state index is 0.413. The molecule has 1 aliphatic rings. The summed E-state index contributed by atoms with van der Waals surface area (Å²) >= 11 is 0. The number of aromatic nitrogens is 2. The molecule has 1 aromatic heterocycles. The van der Waals surface area contributed by atoms with Crippen LogP contribution < -0.4 is 5.73 Å². The minimum atomic E-state index is 0.413. The first-order valence-corrected chi connectivity index (χ1v) is 8.04. The Morgan fingerprint density at radius 3 is 2.50 bits per heavy atom. The van der Waals surface area contributed by atoms with Crippen LogP contribution in [0, 0.1) is 11.8 Å². The average molecular weight is 278 g/mol. The van der Waals surface area contributed by atoms with E-state index in [1.54, 1.807) is 0 Å². The van der Waals surface area contributed by atoms with Gasteiger partial charge in [-0.15, -0.1) is 0 Å². The molecule has 2 heterocycles. The highest BCUT2D eigenvalue weighted by atomic mass is 15.1. The second kappa shape index (κ2) is 7.23. The first-order valence-electron chi connectivity index (χ1n) is 8.04. The summed E-state index contributed by atoms with van der Waals surface area (Å²) in [4.78, 5) is 6.94. The zero-order chi connectivity index (χ0) is 14.5. The van der Waals surface area contributed by atoms with Gasteiger partial charge in [-0.25, -0.2) is 4.98 Å². The number of likely N-dealkylation sites (tertiary alicyclic amines) is 1. The van der Waals surface area contributed by atoms with E-state index in [-0.39, 0.29) is 0 Å². The van der Waals surface area contributed by atoms with Crippen molar-refractivity contribution in [2.24, 2.45) is 17.6 Å². The van der Waals surface area contributed by atoms with E-state index < -0.39 is 0 Å². The van der Waals surface area contributed by atoms with Gasteiger partial charge in [-0.2, -0.15) is 0 Å². The highest BCUT2D eigenvalue weighted by molar-refractivity contribution is 5.08. The third-order valence-corrected chi connectivity index (χ3v) is 4.46. The third kappa shape index (κ3) is 3.83. The lowest BCUT2D eigenvalue weighted by molar-refractivity contribution is 0.269. The Balaban J connectivity index is 1.96. The number of hydrogen-bond donors (Lipinski definition) is 1. The van der Waals surface area contributed by atoms with Crippen molar-refractivity contribution < 1.29 is 0 Å². The van der Waals surface area contributed by atoms with Crippen LogP contribution in [0.15, 0.2) is 12.5 Å². The van der Waals surface area contributed by atoms with Gasteiger partial charge in [0.2, 0.25) is 0 Å². The highest BCUT2D eigenvalue weighted by Crippen LogP contribution is 2.23. The number of hydrogen-bond acceptors (Lipinski definition) is 3. The van der Waals surface area contributed by atoms with Gasteiger partial charge in [0.1, 0.15) is 0 Å². The van der Waals surface area contributed by atoms with Crippen molar-refractivity contribution in [3.8, 4) is 0 Å².